The van der Waals surface area contributed by atoms with Crippen LogP contribution in [0.2, 0.25) is 0 Å². The van der Waals surface area contributed by atoms with Gasteiger partial charge in [0.2, 0.25) is 0 Å². The van der Waals surface area contributed by atoms with Gasteiger partial charge in [-0.15, -0.1) is 0 Å². The minimum absolute atomic E-state index is 0.0447. The number of ketones is 1. The van der Waals surface area contributed by atoms with Crippen LogP contribution < -0.4 is 0 Å². The van der Waals surface area contributed by atoms with Crippen LogP contribution in [0.1, 0.15) is 32.1 Å². The molecule has 4 fully saturated rings. The standard InChI is InChI=1S/C19H24O9S2/c20-13(2-1-5-29(22,23)24)15-9-3-4-10(6-9)16(15)19(21)27-17-11-7-12-14(8-11)30(25,26)28-18(12)17/h3-4,9-12,14-18H,1-2,5-8H2,(H,22,23,24)/p-1. The monoisotopic (exact) mass is 459 g/mol. The van der Waals surface area contributed by atoms with Gasteiger partial charge in [0.15, 0.2) is 0 Å². The molecule has 0 aromatic carbocycles. The van der Waals surface area contributed by atoms with Gasteiger partial charge in [0.25, 0.3) is 10.1 Å². The highest BCUT2D eigenvalue weighted by Crippen LogP contribution is 2.56. The normalized spacial score (nSPS) is 44.6. The number of hydrogen-bond donors (Lipinski definition) is 0. The highest BCUT2D eigenvalue weighted by molar-refractivity contribution is 7.87. The third-order valence-corrected chi connectivity index (χ3v) is 10.1. The summed E-state index contributed by atoms with van der Waals surface area (Å²) in [6, 6.07) is 0. The zero-order valence-electron chi connectivity index (χ0n) is 16.1. The van der Waals surface area contributed by atoms with Crippen LogP contribution in [0.5, 0.6) is 0 Å². The van der Waals surface area contributed by atoms with Gasteiger partial charge in [-0.05, 0) is 37.5 Å². The largest absolute Gasteiger partial charge is 0.748 e. The summed E-state index contributed by atoms with van der Waals surface area (Å²) in [5.41, 5.74) is 0. The van der Waals surface area contributed by atoms with Crippen molar-refractivity contribution < 1.29 is 39.9 Å². The molecule has 0 radical (unpaired) electrons. The van der Waals surface area contributed by atoms with Gasteiger partial charge in [0, 0.05) is 29.9 Å². The van der Waals surface area contributed by atoms with Crippen molar-refractivity contribution in [2.45, 2.75) is 49.6 Å². The molecule has 30 heavy (non-hydrogen) atoms. The number of ether oxygens (including phenoxy) is 1. The molecule has 0 N–H and O–H groups in total. The number of Topliss-reactive ketones (excluding diaryl/α,β-unsaturated/α-hetero) is 1. The summed E-state index contributed by atoms with van der Waals surface area (Å²) in [7, 11) is -7.99. The minimum Gasteiger partial charge on any atom is -0.748 e. The molecule has 0 aromatic heterocycles. The van der Waals surface area contributed by atoms with E-state index in [-0.39, 0.29) is 42.3 Å². The Hall–Kier alpha value is -1.30. The summed E-state index contributed by atoms with van der Waals surface area (Å²) in [6.07, 6.45) is 4.20. The Bertz CT molecular complexity index is 1010. The molecule has 3 saturated carbocycles. The van der Waals surface area contributed by atoms with Crippen LogP contribution in [0, 0.1) is 35.5 Å². The molecule has 0 amide bonds. The molecule has 9 nitrogen and oxygen atoms in total. The highest BCUT2D eigenvalue weighted by atomic mass is 32.2. The predicted molar refractivity (Wildman–Crippen MR) is 100 cm³/mol. The van der Waals surface area contributed by atoms with E-state index in [4.69, 9.17) is 8.92 Å². The topological polar surface area (TPSA) is 144 Å². The Kier molecular flexibility index (Phi) is 4.70. The maximum Gasteiger partial charge on any atom is 0.310 e. The van der Waals surface area contributed by atoms with Gasteiger partial charge in [-0.25, -0.2) is 8.42 Å². The van der Waals surface area contributed by atoms with Crippen LogP contribution in [0.25, 0.3) is 0 Å². The minimum atomic E-state index is -4.39. The number of carbonyl (C=O) groups is 2. The number of fused-ring (bicyclic) bond motifs is 3. The highest BCUT2D eigenvalue weighted by Gasteiger charge is 2.66. The molecular formula is C19H23O9S2-. The fourth-order valence-corrected chi connectivity index (χ4v) is 8.81. The van der Waals surface area contributed by atoms with Crippen molar-refractivity contribution in [1.29, 1.82) is 0 Å². The van der Waals surface area contributed by atoms with Crippen LogP contribution in [0.4, 0.5) is 0 Å². The second-order valence-corrected chi connectivity index (χ2v) is 12.5. The first-order chi connectivity index (χ1) is 14.0. The first-order valence-electron chi connectivity index (χ1n) is 10.3. The Balaban J connectivity index is 1.28. The number of allylic oxidation sites excluding steroid dienone is 2. The molecule has 9 atom stereocenters. The van der Waals surface area contributed by atoms with Gasteiger partial charge in [-0.2, -0.15) is 8.42 Å². The van der Waals surface area contributed by atoms with Gasteiger partial charge in [-0.3, -0.25) is 13.8 Å². The van der Waals surface area contributed by atoms with E-state index in [0.717, 1.165) is 0 Å². The molecular weight excluding hydrogens is 436 g/mol. The summed E-state index contributed by atoms with van der Waals surface area (Å²) in [5.74, 6) is -3.01. The van der Waals surface area contributed by atoms with E-state index in [9.17, 15) is 31.0 Å². The summed E-state index contributed by atoms with van der Waals surface area (Å²) < 4.78 is 67.6. The fourth-order valence-electron chi connectivity index (χ4n) is 6.43. The lowest BCUT2D eigenvalue weighted by Gasteiger charge is -2.30. The number of rotatable bonds is 7. The van der Waals surface area contributed by atoms with Crippen LogP contribution in [-0.2, 0) is 38.7 Å². The zero-order chi connectivity index (χ0) is 21.4. The lowest BCUT2D eigenvalue weighted by atomic mass is 9.79. The molecule has 4 bridgehead atoms. The third kappa shape index (κ3) is 3.25. The third-order valence-electron chi connectivity index (χ3n) is 7.59. The van der Waals surface area contributed by atoms with E-state index in [1.807, 2.05) is 12.2 Å². The molecule has 9 unspecified atom stereocenters. The maximum atomic E-state index is 13.1. The molecule has 4 aliphatic carbocycles. The van der Waals surface area contributed by atoms with Crippen molar-refractivity contribution in [3.05, 3.63) is 12.2 Å². The van der Waals surface area contributed by atoms with E-state index in [0.29, 0.717) is 19.3 Å². The second-order valence-electron chi connectivity index (χ2n) is 9.22. The van der Waals surface area contributed by atoms with Crippen molar-refractivity contribution in [1.82, 2.24) is 0 Å². The zero-order valence-corrected chi connectivity index (χ0v) is 17.7. The molecule has 1 heterocycles. The Morgan fingerprint density at radius 1 is 1.10 bits per heavy atom. The average molecular weight is 460 g/mol. The number of hydrogen-bond acceptors (Lipinski definition) is 9. The van der Waals surface area contributed by atoms with E-state index in [2.05, 4.69) is 0 Å². The summed E-state index contributed by atoms with van der Waals surface area (Å²) in [4.78, 5) is 25.9. The van der Waals surface area contributed by atoms with Crippen molar-refractivity contribution in [3.63, 3.8) is 0 Å². The van der Waals surface area contributed by atoms with E-state index in [1.165, 1.54) is 0 Å². The van der Waals surface area contributed by atoms with Crippen molar-refractivity contribution in [2.75, 3.05) is 5.75 Å². The maximum absolute atomic E-state index is 13.1. The Morgan fingerprint density at radius 3 is 2.50 bits per heavy atom. The van der Waals surface area contributed by atoms with Crippen molar-refractivity contribution >= 4 is 32.0 Å². The molecule has 5 aliphatic rings. The molecule has 1 saturated heterocycles. The van der Waals surface area contributed by atoms with Gasteiger partial charge in [0.05, 0.1) is 21.3 Å². The molecule has 1 aliphatic heterocycles. The molecule has 166 valence electrons. The van der Waals surface area contributed by atoms with Gasteiger partial charge < -0.3 is 9.29 Å². The SMILES string of the molecule is O=C(CCCS(=O)(=O)[O-])C1C2C=CC(C2)C1C(=O)OC1C2CC3C1OS(=O)(=O)C3C2. The molecule has 0 spiro atoms. The molecule has 11 heteroatoms. The van der Waals surface area contributed by atoms with E-state index in [1.54, 1.807) is 0 Å². The Labute approximate surface area is 175 Å². The summed E-state index contributed by atoms with van der Waals surface area (Å²) in [5, 5.41) is -0.500. The first kappa shape index (κ1) is 20.6. The van der Waals surface area contributed by atoms with Crippen molar-refractivity contribution in [3.8, 4) is 0 Å². The van der Waals surface area contributed by atoms with Crippen LogP contribution in [0.15, 0.2) is 12.2 Å². The smallest absolute Gasteiger partial charge is 0.310 e. The summed E-state index contributed by atoms with van der Waals surface area (Å²) in [6.45, 7) is 0. The second kappa shape index (κ2) is 6.85. The lowest BCUT2D eigenvalue weighted by molar-refractivity contribution is -0.165. The first-order valence-corrected chi connectivity index (χ1v) is 13.4. The van der Waals surface area contributed by atoms with Crippen molar-refractivity contribution in [2.24, 2.45) is 35.5 Å². The molecule has 5 rings (SSSR count). The van der Waals surface area contributed by atoms with E-state index < -0.39 is 61.3 Å². The van der Waals surface area contributed by atoms with Gasteiger partial charge >= 0.3 is 5.97 Å². The van der Waals surface area contributed by atoms with Crippen LogP contribution in [0.3, 0.4) is 0 Å². The fraction of sp³-hybridized carbons (Fsp3) is 0.789. The Morgan fingerprint density at radius 2 is 1.80 bits per heavy atom. The summed E-state index contributed by atoms with van der Waals surface area (Å²) >= 11 is 0. The number of carbonyl (C=O) groups excluding carboxylic acids is 2. The quantitative estimate of drug-likeness (QED) is 0.228. The van der Waals surface area contributed by atoms with E-state index >= 15 is 0 Å². The average Bonchev–Trinajstić information content (AvgIpc) is 3.41. The lowest BCUT2D eigenvalue weighted by Crippen LogP contribution is -2.41. The van der Waals surface area contributed by atoms with Crippen LogP contribution in [-0.4, -0.2) is 56.4 Å². The molecule has 0 aromatic rings. The van der Waals surface area contributed by atoms with Crippen LogP contribution >= 0.6 is 0 Å². The van der Waals surface area contributed by atoms with Gasteiger partial charge in [-0.1, -0.05) is 12.2 Å². The number of esters is 1. The van der Waals surface area contributed by atoms with Gasteiger partial charge in [0.1, 0.15) is 18.0 Å². The predicted octanol–water partition coefficient (Wildman–Crippen LogP) is 0.368.